The molecule has 0 bridgehead atoms. The van der Waals surface area contributed by atoms with Gasteiger partial charge in [-0.15, -0.1) is 0 Å². The van der Waals surface area contributed by atoms with Crippen molar-refractivity contribution in [2.24, 2.45) is 4.74 Å². The summed E-state index contributed by atoms with van der Waals surface area (Å²) >= 11 is 0. The molecule has 0 radical (unpaired) electrons. The van der Waals surface area contributed by atoms with Crippen LogP contribution in [-0.2, 0) is 0 Å². The van der Waals surface area contributed by atoms with E-state index in [-0.39, 0.29) is 7.59 Å². The zero-order valence-corrected chi connectivity index (χ0v) is 8.10. The molecule has 0 heterocycles. The SMILES string of the molecule is B/[PH](=N/C(C)C)C(C)C. The molecule has 3 heteroatoms. The van der Waals surface area contributed by atoms with E-state index >= 15 is 0 Å². The van der Waals surface area contributed by atoms with E-state index in [1.165, 1.54) is 0 Å². The van der Waals surface area contributed by atoms with Crippen LogP contribution in [0.5, 0.6) is 0 Å². The standard InChI is InChI=1S/C6H17BNP/c1-5(2)8-9(7)6(3)4/h5-6,9H,7H2,1-4H3. The van der Waals surface area contributed by atoms with Crippen molar-refractivity contribution in [2.75, 3.05) is 0 Å². The van der Waals surface area contributed by atoms with Crippen molar-refractivity contribution in [3.8, 4) is 0 Å². The summed E-state index contributed by atoms with van der Waals surface area (Å²) < 4.78 is 4.58. The summed E-state index contributed by atoms with van der Waals surface area (Å²) in [5.41, 5.74) is 0.789. The Morgan fingerprint density at radius 3 is 1.78 bits per heavy atom. The Kier molecular flexibility index (Phi) is 4.30. The molecule has 54 valence electrons. The van der Waals surface area contributed by atoms with Crippen LogP contribution in [0, 0.1) is 0 Å². The molecule has 0 amide bonds. The molecule has 0 aliphatic heterocycles. The van der Waals surface area contributed by atoms with Crippen LogP contribution in [0.1, 0.15) is 27.7 Å². The van der Waals surface area contributed by atoms with Crippen LogP contribution in [0.4, 0.5) is 0 Å². The first kappa shape index (κ1) is 9.29. The van der Waals surface area contributed by atoms with Gasteiger partial charge in [-0.1, -0.05) is 21.4 Å². The van der Waals surface area contributed by atoms with Crippen LogP contribution in [0.25, 0.3) is 0 Å². The first-order valence-corrected chi connectivity index (χ1v) is 5.60. The van der Waals surface area contributed by atoms with Crippen molar-refractivity contribution in [3.05, 3.63) is 0 Å². The second-order valence-corrected chi connectivity index (χ2v) is 5.71. The molecule has 9 heavy (non-hydrogen) atoms. The highest BCUT2D eigenvalue weighted by Gasteiger charge is 1.95. The Hall–Kier alpha value is 0.295. The molecule has 0 aliphatic rings. The summed E-state index contributed by atoms with van der Waals surface area (Å²) in [6.07, 6.45) is 0. The lowest BCUT2D eigenvalue weighted by molar-refractivity contribution is 0.846. The molecule has 0 N–H and O–H groups in total. The van der Waals surface area contributed by atoms with E-state index in [1.54, 1.807) is 0 Å². The first-order valence-electron chi connectivity index (χ1n) is 3.58. The van der Waals surface area contributed by atoms with Crippen molar-refractivity contribution in [2.45, 2.75) is 39.4 Å². The quantitative estimate of drug-likeness (QED) is 0.414. The Balaban J connectivity index is 3.84. The molecule has 0 fully saturated rings. The van der Waals surface area contributed by atoms with E-state index in [1.807, 2.05) is 0 Å². The van der Waals surface area contributed by atoms with Gasteiger partial charge in [0.1, 0.15) is 0 Å². The van der Waals surface area contributed by atoms with E-state index in [0.29, 0.717) is 6.04 Å². The van der Waals surface area contributed by atoms with E-state index in [4.69, 9.17) is 0 Å². The monoisotopic (exact) mass is 145 g/mol. The zero-order valence-electron chi connectivity index (χ0n) is 7.10. The molecular weight excluding hydrogens is 128 g/mol. The Morgan fingerprint density at radius 2 is 1.67 bits per heavy atom. The molecule has 1 atom stereocenters. The maximum atomic E-state index is 4.58. The lowest BCUT2D eigenvalue weighted by Gasteiger charge is -2.06. The van der Waals surface area contributed by atoms with Gasteiger partial charge in [0.2, 0.25) is 0 Å². The summed E-state index contributed by atoms with van der Waals surface area (Å²) in [6.45, 7) is 8.80. The fourth-order valence-corrected chi connectivity index (χ4v) is 1.67. The summed E-state index contributed by atoms with van der Waals surface area (Å²) in [4.78, 5) is 0. The number of hydrogen-bond donors (Lipinski definition) is 0. The predicted octanol–water partition coefficient (Wildman–Crippen LogP) is 1.75. The van der Waals surface area contributed by atoms with Crippen molar-refractivity contribution >= 4 is 15.2 Å². The summed E-state index contributed by atoms with van der Waals surface area (Å²) in [5.74, 6) is 0. The topological polar surface area (TPSA) is 12.4 Å². The maximum absolute atomic E-state index is 4.58. The Labute approximate surface area is 60.1 Å². The van der Waals surface area contributed by atoms with Crippen molar-refractivity contribution in [1.29, 1.82) is 0 Å². The fourth-order valence-electron chi connectivity index (χ4n) is 0.556. The van der Waals surface area contributed by atoms with Crippen molar-refractivity contribution in [1.82, 2.24) is 0 Å². The van der Waals surface area contributed by atoms with Crippen LogP contribution in [-0.4, -0.2) is 19.3 Å². The molecule has 0 rings (SSSR count). The van der Waals surface area contributed by atoms with Gasteiger partial charge >= 0.3 is 0 Å². The zero-order chi connectivity index (χ0) is 7.44. The van der Waals surface area contributed by atoms with Gasteiger partial charge in [-0.2, -0.15) is 0 Å². The minimum Gasteiger partial charge on any atom is -0.313 e. The predicted molar refractivity (Wildman–Crippen MR) is 49.6 cm³/mol. The normalized spacial score (nSPS) is 15.3. The maximum Gasteiger partial charge on any atom is 0.153 e. The van der Waals surface area contributed by atoms with Crippen LogP contribution < -0.4 is 0 Å². The van der Waals surface area contributed by atoms with Crippen LogP contribution >= 0.6 is 7.59 Å². The van der Waals surface area contributed by atoms with Gasteiger partial charge in [-0.25, -0.2) is 0 Å². The number of nitrogens with zero attached hydrogens (tertiary/aromatic N) is 1. The van der Waals surface area contributed by atoms with Gasteiger partial charge in [-0.05, 0) is 19.5 Å². The van der Waals surface area contributed by atoms with E-state index in [9.17, 15) is 0 Å². The van der Waals surface area contributed by atoms with E-state index in [2.05, 4.69) is 40.0 Å². The smallest absolute Gasteiger partial charge is 0.153 e. The third kappa shape index (κ3) is 4.78. The summed E-state index contributed by atoms with van der Waals surface area (Å²) in [5, 5.41) is 0. The lowest BCUT2D eigenvalue weighted by Crippen LogP contribution is -1.90. The molecule has 0 saturated carbocycles. The molecule has 1 unspecified atom stereocenters. The molecule has 0 saturated heterocycles. The molecule has 0 aliphatic carbocycles. The van der Waals surface area contributed by atoms with E-state index in [0.717, 1.165) is 5.66 Å². The Morgan fingerprint density at radius 1 is 1.22 bits per heavy atom. The molecular formula is C6H17BNP. The van der Waals surface area contributed by atoms with Gasteiger partial charge in [-0.3, -0.25) is 0 Å². The van der Waals surface area contributed by atoms with Gasteiger partial charge in [0, 0.05) is 6.04 Å². The molecule has 0 aromatic carbocycles. The van der Waals surface area contributed by atoms with Gasteiger partial charge in [0.15, 0.2) is 7.57 Å². The van der Waals surface area contributed by atoms with E-state index < -0.39 is 0 Å². The molecule has 0 spiro atoms. The fraction of sp³-hybridized carbons (Fsp3) is 1.00. The highest BCUT2D eigenvalue weighted by Crippen LogP contribution is 2.26. The second kappa shape index (κ2) is 4.16. The molecule has 0 aromatic rings. The van der Waals surface area contributed by atoms with Crippen LogP contribution in [0.3, 0.4) is 0 Å². The first-order chi connectivity index (χ1) is 4.04. The van der Waals surface area contributed by atoms with Crippen molar-refractivity contribution in [3.63, 3.8) is 0 Å². The third-order valence-electron chi connectivity index (χ3n) is 1.30. The average Bonchev–Trinajstić information content (AvgIpc) is 1.63. The minimum absolute atomic E-state index is 0.381. The number of rotatable bonds is 2. The van der Waals surface area contributed by atoms with Crippen LogP contribution in [0.2, 0.25) is 0 Å². The number of hydrogen-bond acceptors (Lipinski definition) is 1. The van der Waals surface area contributed by atoms with Gasteiger partial charge < -0.3 is 4.74 Å². The molecule has 1 nitrogen and oxygen atoms in total. The third-order valence-corrected chi connectivity index (χ3v) is 3.89. The van der Waals surface area contributed by atoms with Crippen LogP contribution in [0.15, 0.2) is 4.74 Å². The second-order valence-electron chi connectivity index (χ2n) is 3.02. The summed E-state index contributed by atoms with van der Waals surface area (Å²) in [7, 11) is 1.89. The molecule has 0 aromatic heterocycles. The van der Waals surface area contributed by atoms with Crippen molar-refractivity contribution < 1.29 is 0 Å². The lowest BCUT2D eigenvalue weighted by atomic mass is 10.4. The van der Waals surface area contributed by atoms with Gasteiger partial charge in [0.05, 0.1) is 0 Å². The average molecular weight is 145 g/mol. The Bertz CT molecular complexity index is 110. The summed E-state index contributed by atoms with van der Waals surface area (Å²) in [6, 6.07) is 0.534. The largest absolute Gasteiger partial charge is 0.313 e. The highest BCUT2D eigenvalue weighted by molar-refractivity contribution is 7.74. The highest BCUT2D eigenvalue weighted by atomic mass is 31.1. The minimum atomic E-state index is -0.381. The van der Waals surface area contributed by atoms with Gasteiger partial charge in [0.25, 0.3) is 0 Å².